The van der Waals surface area contributed by atoms with Crippen LogP contribution in [-0.4, -0.2) is 28.2 Å². The molecule has 0 aromatic rings. The summed E-state index contributed by atoms with van der Waals surface area (Å²) in [5.41, 5.74) is 0.326. The van der Waals surface area contributed by atoms with E-state index < -0.39 is 0 Å². The predicted octanol–water partition coefficient (Wildman–Crippen LogP) is 2.56. The van der Waals surface area contributed by atoms with Gasteiger partial charge in [-0.2, -0.15) is 0 Å². The van der Waals surface area contributed by atoms with E-state index in [1.54, 1.807) is 0 Å². The van der Waals surface area contributed by atoms with Crippen LogP contribution in [0.2, 0.25) is 0 Å². The minimum absolute atomic E-state index is 0.0823. The maximum atomic E-state index is 11.9. The molecule has 0 aromatic heterocycles. The van der Waals surface area contributed by atoms with Gasteiger partial charge in [0.2, 0.25) is 5.91 Å². The molecule has 2 fully saturated rings. The summed E-state index contributed by atoms with van der Waals surface area (Å²) >= 11 is 3.44. The van der Waals surface area contributed by atoms with Crippen LogP contribution in [0.3, 0.4) is 0 Å². The van der Waals surface area contributed by atoms with Gasteiger partial charge in [-0.05, 0) is 24.7 Å². The summed E-state index contributed by atoms with van der Waals surface area (Å²) in [6.45, 7) is 5.53. The minimum Gasteiger partial charge on any atom is -0.338 e. The Morgan fingerprint density at radius 2 is 2.14 bits per heavy atom. The third kappa shape index (κ3) is 1.60. The number of amides is 1. The van der Waals surface area contributed by atoms with Gasteiger partial charge in [0.05, 0.1) is 4.83 Å². The lowest BCUT2D eigenvalue weighted by Crippen LogP contribution is -2.43. The lowest BCUT2D eigenvalue weighted by atomic mass is 9.86. The number of carbonyl (C=O) groups is 1. The molecule has 1 aliphatic carbocycles. The molecular formula is C11H18BrNO. The first-order chi connectivity index (χ1) is 6.52. The number of alkyl halides is 1. The van der Waals surface area contributed by atoms with Crippen LogP contribution in [0.4, 0.5) is 0 Å². The van der Waals surface area contributed by atoms with Gasteiger partial charge < -0.3 is 4.90 Å². The molecule has 14 heavy (non-hydrogen) atoms. The van der Waals surface area contributed by atoms with Gasteiger partial charge in [-0.3, -0.25) is 4.79 Å². The highest BCUT2D eigenvalue weighted by atomic mass is 79.9. The van der Waals surface area contributed by atoms with Crippen LogP contribution in [0.15, 0.2) is 0 Å². The molecule has 2 unspecified atom stereocenters. The molecule has 2 atom stereocenters. The van der Waals surface area contributed by atoms with E-state index in [1.807, 2.05) is 0 Å². The Kier molecular flexibility index (Phi) is 2.63. The van der Waals surface area contributed by atoms with Gasteiger partial charge in [0, 0.05) is 12.6 Å². The average molecular weight is 260 g/mol. The van der Waals surface area contributed by atoms with Gasteiger partial charge in [-0.15, -0.1) is 0 Å². The van der Waals surface area contributed by atoms with Crippen molar-refractivity contribution in [1.29, 1.82) is 0 Å². The second-order valence-corrected chi connectivity index (χ2v) is 6.29. The van der Waals surface area contributed by atoms with Crippen molar-refractivity contribution >= 4 is 21.8 Å². The molecule has 0 radical (unpaired) electrons. The van der Waals surface area contributed by atoms with E-state index in [9.17, 15) is 4.79 Å². The highest BCUT2D eigenvalue weighted by molar-refractivity contribution is 9.10. The van der Waals surface area contributed by atoms with Crippen LogP contribution >= 0.6 is 15.9 Å². The SMILES string of the molecule is CC1(C)CCCC1N1CCC(Br)C1=O. The van der Waals surface area contributed by atoms with Gasteiger partial charge in [0.1, 0.15) is 0 Å². The van der Waals surface area contributed by atoms with Crippen molar-refractivity contribution < 1.29 is 4.79 Å². The largest absolute Gasteiger partial charge is 0.338 e. The van der Waals surface area contributed by atoms with Gasteiger partial charge in [-0.25, -0.2) is 0 Å². The molecule has 80 valence electrons. The van der Waals surface area contributed by atoms with Crippen molar-refractivity contribution in [3.8, 4) is 0 Å². The summed E-state index contributed by atoms with van der Waals surface area (Å²) in [5.74, 6) is 0.310. The maximum absolute atomic E-state index is 11.9. The number of nitrogens with zero attached hydrogens (tertiary/aromatic N) is 1. The number of likely N-dealkylation sites (tertiary alicyclic amines) is 1. The second kappa shape index (κ2) is 3.51. The number of carbonyl (C=O) groups excluding carboxylic acids is 1. The molecule has 2 nitrogen and oxygen atoms in total. The van der Waals surface area contributed by atoms with E-state index in [0.29, 0.717) is 17.4 Å². The predicted molar refractivity (Wildman–Crippen MR) is 60.5 cm³/mol. The monoisotopic (exact) mass is 259 g/mol. The zero-order chi connectivity index (χ0) is 10.3. The Morgan fingerprint density at radius 1 is 1.43 bits per heavy atom. The quantitative estimate of drug-likeness (QED) is 0.663. The lowest BCUT2D eigenvalue weighted by molar-refractivity contribution is -0.130. The van der Waals surface area contributed by atoms with Crippen LogP contribution in [0, 0.1) is 5.41 Å². The summed E-state index contributed by atoms with van der Waals surface area (Å²) in [7, 11) is 0. The third-order valence-corrected chi connectivity index (χ3v) is 4.60. The molecule has 2 aliphatic rings. The number of hydrogen-bond acceptors (Lipinski definition) is 1. The molecule has 1 saturated carbocycles. The molecule has 0 bridgehead atoms. The first kappa shape index (κ1) is 10.5. The summed E-state index contributed by atoms with van der Waals surface area (Å²) in [4.78, 5) is 14.0. The molecule has 0 N–H and O–H groups in total. The fraction of sp³-hybridized carbons (Fsp3) is 0.909. The Balaban J connectivity index is 2.12. The van der Waals surface area contributed by atoms with Crippen LogP contribution in [-0.2, 0) is 4.79 Å². The van der Waals surface area contributed by atoms with Crippen molar-refractivity contribution in [3.05, 3.63) is 0 Å². The number of rotatable bonds is 1. The van der Waals surface area contributed by atoms with Crippen molar-refractivity contribution in [2.45, 2.75) is 50.4 Å². The first-order valence-electron chi connectivity index (χ1n) is 5.47. The third-order valence-electron chi connectivity index (χ3n) is 3.75. The highest BCUT2D eigenvalue weighted by Gasteiger charge is 2.43. The first-order valence-corrected chi connectivity index (χ1v) is 6.38. The van der Waals surface area contributed by atoms with Crippen molar-refractivity contribution in [2.24, 2.45) is 5.41 Å². The molecule has 1 aliphatic heterocycles. The fourth-order valence-corrected chi connectivity index (χ4v) is 3.33. The molecular weight excluding hydrogens is 242 g/mol. The Bertz CT molecular complexity index is 252. The van der Waals surface area contributed by atoms with Gasteiger partial charge >= 0.3 is 0 Å². The zero-order valence-electron chi connectivity index (χ0n) is 8.92. The molecule has 1 heterocycles. The van der Waals surface area contributed by atoms with Crippen molar-refractivity contribution in [3.63, 3.8) is 0 Å². The Hall–Kier alpha value is -0.0500. The van der Waals surface area contributed by atoms with E-state index >= 15 is 0 Å². The van der Waals surface area contributed by atoms with Gasteiger partial charge in [0.15, 0.2) is 0 Å². The molecule has 0 spiro atoms. The summed E-state index contributed by atoms with van der Waals surface area (Å²) in [5, 5.41) is 0. The summed E-state index contributed by atoms with van der Waals surface area (Å²) in [6.07, 6.45) is 4.70. The summed E-state index contributed by atoms with van der Waals surface area (Å²) in [6, 6.07) is 0.484. The average Bonchev–Trinajstić information content (AvgIpc) is 2.59. The van der Waals surface area contributed by atoms with E-state index in [0.717, 1.165) is 13.0 Å². The molecule has 1 amide bonds. The second-order valence-electron chi connectivity index (χ2n) is 5.18. The van der Waals surface area contributed by atoms with Crippen LogP contribution in [0.1, 0.15) is 39.5 Å². The normalized spacial score (nSPS) is 36.8. The lowest BCUT2D eigenvalue weighted by Gasteiger charge is -2.35. The molecule has 0 aromatic carbocycles. The van der Waals surface area contributed by atoms with Crippen LogP contribution < -0.4 is 0 Å². The topological polar surface area (TPSA) is 20.3 Å². The zero-order valence-corrected chi connectivity index (χ0v) is 10.5. The maximum Gasteiger partial charge on any atom is 0.236 e. The number of hydrogen-bond donors (Lipinski definition) is 0. The van der Waals surface area contributed by atoms with Gasteiger partial charge in [-0.1, -0.05) is 36.2 Å². The highest BCUT2D eigenvalue weighted by Crippen LogP contribution is 2.42. The smallest absolute Gasteiger partial charge is 0.236 e. The molecule has 1 saturated heterocycles. The van der Waals surface area contributed by atoms with E-state index in [1.165, 1.54) is 19.3 Å². The Morgan fingerprint density at radius 3 is 2.57 bits per heavy atom. The van der Waals surface area contributed by atoms with Crippen LogP contribution in [0.5, 0.6) is 0 Å². The minimum atomic E-state index is 0.0823. The van der Waals surface area contributed by atoms with E-state index in [-0.39, 0.29) is 4.83 Å². The Labute approximate surface area is 94.2 Å². The molecule has 3 heteroatoms. The van der Waals surface area contributed by atoms with Crippen molar-refractivity contribution in [1.82, 2.24) is 4.90 Å². The fourth-order valence-electron chi connectivity index (χ4n) is 2.86. The standard InChI is InChI=1S/C11H18BrNO/c1-11(2)6-3-4-9(11)13-7-5-8(12)10(13)14/h8-9H,3-7H2,1-2H3. The van der Waals surface area contributed by atoms with E-state index in [2.05, 4.69) is 34.7 Å². The van der Waals surface area contributed by atoms with E-state index in [4.69, 9.17) is 0 Å². The summed E-state index contributed by atoms with van der Waals surface area (Å²) < 4.78 is 0. The van der Waals surface area contributed by atoms with Crippen LogP contribution in [0.25, 0.3) is 0 Å². The van der Waals surface area contributed by atoms with Gasteiger partial charge in [0.25, 0.3) is 0 Å². The number of halogens is 1. The molecule has 2 rings (SSSR count). The van der Waals surface area contributed by atoms with Crippen molar-refractivity contribution in [2.75, 3.05) is 6.54 Å².